The summed E-state index contributed by atoms with van der Waals surface area (Å²) in [6.07, 6.45) is 0.158. The van der Waals surface area contributed by atoms with E-state index in [1.165, 1.54) is 31.4 Å². The molecular formula is C25H25NO5. The van der Waals surface area contributed by atoms with Crippen LogP contribution in [0.2, 0.25) is 0 Å². The van der Waals surface area contributed by atoms with Crippen LogP contribution in [0.3, 0.4) is 0 Å². The number of fused-ring (bicyclic) bond motifs is 1. The molecule has 0 aliphatic heterocycles. The summed E-state index contributed by atoms with van der Waals surface area (Å²) in [7, 11) is 1.30. The summed E-state index contributed by atoms with van der Waals surface area (Å²) in [6.45, 7) is 3.68. The summed E-state index contributed by atoms with van der Waals surface area (Å²) in [5.74, 6) is -1.18. The van der Waals surface area contributed by atoms with Gasteiger partial charge in [0.05, 0.1) is 19.1 Å². The molecule has 31 heavy (non-hydrogen) atoms. The molecule has 0 bridgehead atoms. The number of benzene rings is 3. The maximum Gasteiger partial charge on any atom is 0.337 e. The van der Waals surface area contributed by atoms with E-state index in [0.29, 0.717) is 5.56 Å². The van der Waals surface area contributed by atoms with Gasteiger partial charge in [-0.25, -0.2) is 9.59 Å². The number of rotatable bonds is 7. The molecule has 0 saturated heterocycles. The minimum atomic E-state index is -0.803. The molecule has 6 heteroatoms. The van der Waals surface area contributed by atoms with Gasteiger partial charge >= 0.3 is 11.9 Å². The van der Waals surface area contributed by atoms with Gasteiger partial charge in [0.1, 0.15) is 11.8 Å². The molecular weight excluding hydrogens is 394 g/mol. The highest BCUT2D eigenvalue weighted by Gasteiger charge is 2.26. The molecule has 0 aromatic heterocycles. The van der Waals surface area contributed by atoms with Crippen molar-refractivity contribution in [3.05, 3.63) is 77.9 Å². The Morgan fingerprint density at radius 3 is 2.26 bits per heavy atom. The molecule has 0 aliphatic rings. The zero-order valence-corrected chi connectivity index (χ0v) is 17.8. The Morgan fingerprint density at radius 2 is 1.58 bits per heavy atom. The second-order valence-corrected chi connectivity index (χ2v) is 7.54. The van der Waals surface area contributed by atoms with E-state index in [1.807, 2.05) is 56.3 Å². The van der Waals surface area contributed by atoms with Gasteiger partial charge in [-0.2, -0.15) is 0 Å². The first-order valence-electron chi connectivity index (χ1n) is 10.0. The van der Waals surface area contributed by atoms with Gasteiger partial charge in [-0.3, -0.25) is 4.79 Å². The van der Waals surface area contributed by atoms with Gasteiger partial charge in [0.25, 0.3) is 0 Å². The van der Waals surface area contributed by atoms with Crippen molar-refractivity contribution in [1.29, 1.82) is 0 Å². The number of hydrogen-bond acceptors (Lipinski definition) is 5. The Kier molecular flexibility index (Phi) is 7.03. The molecule has 1 atom stereocenters. The highest BCUT2D eigenvalue weighted by Crippen LogP contribution is 2.19. The van der Waals surface area contributed by atoms with E-state index in [-0.39, 0.29) is 24.0 Å². The van der Waals surface area contributed by atoms with Crippen molar-refractivity contribution in [3.8, 4) is 5.75 Å². The normalized spacial score (nSPS) is 11.7. The van der Waals surface area contributed by atoms with Gasteiger partial charge in [0.2, 0.25) is 5.91 Å². The van der Waals surface area contributed by atoms with E-state index in [9.17, 15) is 14.4 Å². The third kappa shape index (κ3) is 5.48. The largest absolute Gasteiger partial charge is 0.465 e. The lowest BCUT2D eigenvalue weighted by molar-refractivity contribution is -0.140. The monoisotopic (exact) mass is 419 g/mol. The summed E-state index contributed by atoms with van der Waals surface area (Å²) in [4.78, 5) is 36.9. The predicted molar refractivity (Wildman–Crippen MR) is 118 cm³/mol. The Hall–Kier alpha value is -3.67. The van der Waals surface area contributed by atoms with Crippen LogP contribution in [-0.2, 0) is 20.7 Å². The lowest BCUT2D eigenvalue weighted by Gasteiger charge is -2.21. The second-order valence-electron chi connectivity index (χ2n) is 7.54. The van der Waals surface area contributed by atoms with Crippen molar-refractivity contribution < 1.29 is 23.9 Å². The van der Waals surface area contributed by atoms with Gasteiger partial charge in [-0.05, 0) is 46.5 Å². The Balaban J connectivity index is 1.68. The standard InChI is InChI=1S/C25H25NO5/c1-16(2)23(25(29)31-20-13-11-18(12-14-20)24(28)30-3)26-22(27)15-19-9-6-8-17-7-4-5-10-21(17)19/h4-14,16,23H,15H2,1-3H3,(H,26,27)/t23-/m0/s1. The van der Waals surface area contributed by atoms with Crippen molar-refractivity contribution in [2.45, 2.75) is 26.3 Å². The third-order valence-corrected chi connectivity index (χ3v) is 4.96. The van der Waals surface area contributed by atoms with Crippen molar-refractivity contribution in [1.82, 2.24) is 5.32 Å². The third-order valence-electron chi connectivity index (χ3n) is 4.96. The summed E-state index contributed by atoms with van der Waals surface area (Å²) in [5, 5.41) is 4.87. The molecule has 0 saturated carbocycles. The number of hydrogen-bond donors (Lipinski definition) is 1. The molecule has 3 aromatic rings. The van der Waals surface area contributed by atoms with E-state index in [2.05, 4.69) is 10.1 Å². The molecule has 1 N–H and O–H groups in total. The summed E-state index contributed by atoms with van der Waals surface area (Å²) < 4.78 is 10.1. The first kappa shape index (κ1) is 22.0. The molecule has 0 radical (unpaired) electrons. The maximum atomic E-state index is 12.7. The zero-order valence-electron chi connectivity index (χ0n) is 17.8. The lowest BCUT2D eigenvalue weighted by Crippen LogP contribution is -2.46. The van der Waals surface area contributed by atoms with Crippen LogP contribution < -0.4 is 10.1 Å². The van der Waals surface area contributed by atoms with E-state index in [1.54, 1.807) is 0 Å². The maximum absolute atomic E-state index is 12.7. The number of carbonyl (C=O) groups is 3. The first-order valence-corrected chi connectivity index (χ1v) is 10.0. The summed E-state index contributed by atoms with van der Waals surface area (Å²) in [5.41, 5.74) is 1.25. The molecule has 3 aromatic carbocycles. The minimum Gasteiger partial charge on any atom is -0.465 e. The molecule has 0 fully saturated rings. The van der Waals surface area contributed by atoms with Crippen LogP contribution in [0.5, 0.6) is 5.75 Å². The highest BCUT2D eigenvalue weighted by molar-refractivity contribution is 5.92. The van der Waals surface area contributed by atoms with Gasteiger partial charge in [0, 0.05) is 0 Å². The van der Waals surface area contributed by atoms with Gasteiger partial charge in [-0.15, -0.1) is 0 Å². The topological polar surface area (TPSA) is 81.7 Å². The Bertz CT molecular complexity index is 1080. The Labute approximate surface area is 181 Å². The van der Waals surface area contributed by atoms with Crippen LogP contribution >= 0.6 is 0 Å². The molecule has 3 rings (SSSR count). The molecule has 0 heterocycles. The summed E-state index contributed by atoms with van der Waals surface area (Å²) >= 11 is 0. The molecule has 6 nitrogen and oxygen atoms in total. The molecule has 0 spiro atoms. The predicted octanol–water partition coefficient (Wildman–Crippen LogP) is 3.92. The van der Waals surface area contributed by atoms with Gasteiger partial charge < -0.3 is 14.8 Å². The average Bonchev–Trinajstić information content (AvgIpc) is 2.77. The Morgan fingerprint density at radius 1 is 0.903 bits per heavy atom. The summed E-state index contributed by atoms with van der Waals surface area (Å²) in [6, 6.07) is 18.9. The van der Waals surface area contributed by atoms with Crippen LogP contribution in [0.15, 0.2) is 66.7 Å². The fourth-order valence-electron chi connectivity index (χ4n) is 3.30. The number of ether oxygens (including phenoxy) is 2. The fourth-order valence-corrected chi connectivity index (χ4v) is 3.30. The number of carbonyl (C=O) groups excluding carboxylic acids is 3. The van der Waals surface area contributed by atoms with E-state index in [4.69, 9.17) is 4.74 Å². The van der Waals surface area contributed by atoms with Crippen LogP contribution in [0.25, 0.3) is 10.8 Å². The molecule has 160 valence electrons. The van der Waals surface area contributed by atoms with Crippen molar-refractivity contribution in [2.24, 2.45) is 5.92 Å². The van der Waals surface area contributed by atoms with Crippen molar-refractivity contribution >= 4 is 28.6 Å². The smallest absolute Gasteiger partial charge is 0.337 e. The van der Waals surface area contributed by atoms with E-state index in [0.717, 1.165) is 16.3 Å². The van der Waals surface area contributed by atoms with Crippen LogP contribution in [0.4, 0.5) is 0 Å². The van der Waals surface area contributed by atoms with Crippen LogP contribution in [0.1, 0.15) is 29.8 Å². The minimum absolute atomic E-state index is 0.158. The van der Waals surface area contributed by atoms with E-state index >= 15 is 0 Å². The van der Waals surface area contributed by atoms with Crippen LogP contribution in [-0.4, -0.2) is 31.0 Å². The second kappa shape index (κ2) is 9.89. The van der Waals surface area contributed by atoms with Gasteiger partial charge in [-0.1, -0.05) is 56.3 Å². The zero-order chi connectivity index (χ0) is 22.4. The SMILES string of the molecule is COC(=O)c1ccc(OC(=O)[C@@H](NC(=O)Cc2cccc3ccccc23)C(C)C)cc1. The molecule has 0 unspecified atom stereocenters. The fraction of sp³-hybridized carbons (Fsp3) is 0.240. The lowest BCUT2D eigenvalue weighted by atomic mass is 10.0. The van der Waals surface area contributed by atoms with Gasteiger partial charge in [0.15, 0.2) is 0 Å². The molecule has 0 aliphatic carbocycles. The number of nitrogens with one attached hydrogen (secondary N) is 1. The van der Waals surface area contributed by atoms with Crippen molar-refractivity contribution in [2.75, 3.05) is 7.11 Å². The molecule has 1 amide bonds. The van der Waals surface area contributed by atoms with E-state index < -0.39 is 18.0 Å². The van der Waals surface area contributed by atoms with Crippen molar-refractivity contribution in [3.63, 3.8) is 0 Å². The number of amides is 1. The van der Waals surface area contributed by atoms with Crippen LogP contribution in [0, 0.1) is 5.92 Å². The first-order chi connectivity index (χ1) is 14.9. The number of methoxy groups -OCH3 is 1. The average molecular weight is 419 g/mol. The number of esters is 2. The quantitative estimate of drug-likeness (QED) is 0.464. The highest BCUT2D eigenvalue weighted by atomic mass is 16.5.